The van der Waals surface area contributed by atoms with E-state index in [0.717, 1.165) is 56.7 Å². The average Bonchev–Trinajstić information content (AvgIpc) is 3.40. The van der Waals surface area contributed by atoms with Crippen LogP contribution in [0.2, 0.25) is 0 Å². The fraction of sp³-hybridized carbons (Fsp3) is 0.700. The second-order valence-corrected chi connectivity index (χ2v) is 11.1. The predicted molar refractivity (Wildman–Crippen MR) is 139 cm³/mol. The zero-order chi connectivity index (χ0) is 25.5. The Hall–Kier alpha value is -1.01. The van der Waals surface area contributed by atoms with Crippen molar-refractivity contribution in [3.05, 3.63) is 35.4 Å². The van der Waals surface area contributed by atoms with E-state index in [4.69, 9.17) is 4.74 Å². The van der Waals surface area contributed by atoms with E-state index < -0.39 is 0 Å². The van der Waals surface area contributed by atoms with Gasteiger partial charge in [0.2, 0.25) is 5.91 Å². The molecule has 3 saturated heterocycles. The van der Waals surface area contributed by atoms with E-state index in [0.29, 0.717) is 23.9 Å². The summed E-state index contributed by atoms with van der Waals surface area (Å²) < 4.78 is 5.78. The summed E-state index contributed by atoms with van der Waals surface area (Å²) in [5.74, 6) is 1.68. The maximum Gasteiger partial charge on any atom is 1.00 e. The molecular formula is C30H44NNaO4. The van der Waals surface area contributed by atoms with Crippen molar-refractivity contribution in [2.75, 3.05) is 19.7 Å². The van der Waals surface area contributed by atoms with Crippen molar-refractivity contribution in [1.29, 1.82) is 0 Å². The van der Waals surface area contributed by atoms with Crippen LogP contribution in [0.1, 0.15) is 109 Å². The van der Waals surface area contributed by atoms with Crippen molar-refractivity contribution >= 4 is 18.0 Å². The monoisotopic (exact) mass is 505 g/mol. The van der Waals surface area contributed by atoms with E-state index in [1.807, 2.05) is 37.2 Å². The van der Waals surface area contributed by atoms with Crippen LogP contribution < -0.4 is 29.6 Å². The molecule has 1 unspecified atom stereocenters. The summed E-state index contributed by atoms with van der Waals surface area (Å²) >= 11 is 0. The summed E-state index contributed by atoms with van der Waals surface area (Å²) in [4.78, 5) is 36.6. The Bertz CT molecular complexity index is 873. The second-order valence-electron chi connectivity index (χ2n) is 11.1. The van der Waals surface area contributed by atoms with Gasteiger partial charge in [-0.25, -0.2) is 0 Å². The average molecular weight is 506 g/mol. The zero-order valence-corrected chi connectivity index (χ0v) is 25.2. The van der Waals surface area contributed by atoms with Crippen molar-refractivity contribution in [3.63, 3.8) is 0 Å². The topological polar surface area (TPSA) is 63.7 Å². The SMILES string of the molecule is CC.CC(=O)CC1CCCCC1.CC12CC(C(=O)N3CCCC(c4cccc([C-]=O)c4)C3)(CO1)C2.[Na+]. The van der Waals surface area contributed by atoms with Gasteiger partial charge in [-0.15, -0.1) is 6.07 Å². The third-order valence-corrected chi connectivity index (χ3v) is 8.06. The fourth-order valence-corrected chi connectivity index (χ4v) is 6.53. The molecule has 5 nitrogen and oxygen atoms in total. The largest absolute Gasteiger partial charge is 1.00 e. The van der Waals surface area contributed by atoms with E-state index in [1.165, 1.54) is 32.1 Å². The predicted octanol–water partition coefficient (Wildman–Crippen LogP) is 3.00. The first-order valence-corrected chi connectivity index (χ1v) is 13.7. The minimum atomic E-state index is -0.255. The van der Waals surface area contributed by atoms with Gasteiger partial charge in [-0.3, -0.25) is 4.79 Å². The van der Waals surface area contributed by atoms with Crippen molar-refractivity contribution in [2.24, 2.45) is 11.3 Å². The van der Waals surface area contributed by atoms with E-state index >= 15 is 0 Å². The molecule has 0 N–H and O–H groups in total. The van der Waals surface area contributed by atoms with Gasteiger partial charge in [-0.1, -0.05) is 57.6 Å². The minimum absolute atomic E-state index is 0. The molecule has 36 heavy (non-hydrogen) atoms. The van der Waals surface area contributed by atoms with Gasteiger partial charge in [0, 0.05) is 19.5 Å². The molecule has 5 fully saturated rings. The number of nitrogens with zero attached hydrogens (tertiary/aromatic N) is 1. The van der Waals surface area contributed by atoms with Crippen molar-refractivity contribution < 1.29 is 48.7 Å². The summed E-state index contributed by atoms with van der Waals surface area (Å²) in [5, 5.41) is 0. The summed E-state index contributed by atoms with van der Waals surface area (Å²) in [5.41, 5.74) is 1.42. The summed E-state index contributed by atoms with van der Waals surface area (Å²) in [7, 11) is 0. The number of hydrogen-bond acceptors (Lipinski definition) is 4. The fourth-order valence-electron chi connectivity index (χ4n) is 6.53. The molecule has 2 saturated carbocycles. The minimum Gasteiger partial charge on any atom is -0.376 e. The van der Waals surface area contributed by atoms with Crippen LogP contribution in [0, 0.1) is 11.3 Å². The number of likely N-dealkylation sites (tertiary alicyclic amines) is 1. The molecule has 0 aromatic heterocycles. The molecule has 2 bridgehead atoms. The first kappa shape index (κ1) is 31.2. The number of ether oxygens (including phenoxy) is 1. The van der Waals surface area contributed by atoms with E-state index in [9.17, 15) is 14.4 Å². The quantitative estimate of drug-likeness (QED) is 0.456. The summed E-state index contributed by atoms with van der Waals surface area (Å²) in [6.07, 6.45) is 13.3. The molecular weight excluding hydrogens is 461 g/mol. The number of benzene rings is 1. The van der Waals surface area contributed by atoms with Crippen molar-refractivity contribution in [3.8, 4) is 0 Å². The standard InChI is InChI=1S/C19H22NO3.C9H16O.C2H6.Na/c1-18-11-19(12-18,13-23-18)17(22)20-7-3-6-16(9-20)15-5-2-4-14(8-15)10-21;1-8(10)7-9-5-3-2-4-6-9;1-2;/h2,4-5,8,16H,3,6-7,9,11-13H2,1H3;9H,2-7H2,1H3;1-2H3;/q-1;;;+1. The van der Waals surface area contributed by atoms with E-state index in [1.54, 1.807) is 13.0 Å². The molecule has 3 heterocycles. The molecule has 1 atom stereocenters. The number of carbonyl (C=O) groups excluding carboxylic acids is 3. The Balaban J connectivity index is 0.000000298. The van der Waals surface area contributed by atoms with Crippen LogP contribution in [-0.2, 0) is 19.1 Å². The second kappa shape index (κ2) is 14.2. The Morgan fingerprint density at radius 2 is 1.78 bits per heavy atom. The zero-order valence-electron chi connectivity index (χ0n) is 23.2. The molecule has 1 aromatic rings. The van der Waals surface area contributed by atoms with Crippen LogP contribution in [-0.4, -0.2) is 48.2 Å². The summed E-state index contributed by atoms with van der Waals surface area (Å²) in [6.45, 7) is 9.98. The van der Waals surface area contributed by atoms with Crippen LogP contribution in [0.3, 0.4) is 0 Å². The molecule has 6 rings (SSSR count). The van der Waals surface area contributed by atoms with Gasteiger partial charge >= 0.3 is 29.6 Å². The maximum absolute atomic E-state index is 13.0. The van der Waals surface area contributed by atoms with Gasteiger partial charge in [0.05, 0.1) is 23.9 Å². The van der Waals surface area contributed by atoms with Gasteiger partial charge < -0.3 is 19.2 Å². The molecule has 6 heteroatoms. The van der Waals surface area contributed by atoms with Crippen LogP contribution in [0.15, 0.2) is 24.3 Å². The van der Waals surface area contributed by atoms with Crippen LogP contribution in [0.5, 0.6) is 0 Å². The molecule has 3 aliphatic heterocycles. The smallest absolute Gasteiger partial charge is 0.376 e. The van der Waals surface area contributed by atoms with Gasteiger partial charge in [-0.05, 0) is 51.4 Å². The van der Waals surface area contributed by atoms with Gasteiger partial charge in [0.15, 0.2) is 0 Å². The Morgan fingerprint density at radius 3 is 2.36 bits per heavy atom. The number of hydrogen-bond donors (Lipinski definition) is 0. The Morgan fingerprint density at radius 1 is 1.08 bits per heavy atom. The number of fused-ring (bicyclic) bond motifs is 1. The summed E-state index contributed by atoms with van der Waals surface area (Å²) in [6, 6.07) is 7.63. The molecule has 1 amide bonds. The van der Waals surface area contributed by atoms with Crippen LogP contribution in [0.25, 0.3) is 0 Å². The number of carbonyl (C=O) groups is 2. The third kappa shape index (κ3) is 7.75. The molecule has 2 aliphatic carbocycles. The molecule has 0 radical (unpaired) electrons. The number of Topliss-reactive ketones (excluding diaryl/α,β-unsaturated/α-hetero) is 1. The number of piperidine rings is 1. The maximum atomic E-state index is 13.0. The Kier molecular flexibility index (Phi) is 12.3. The first-order valence-electron chi connectivity index (χ1n) is 13.7. The van der Waals surface area contributed by atoms with Crippen LogP contribution >= 0.6 is 0 Å². The molecule has 5 aliphatic rings. The van der Waals surface area contributed by atoms with Gasteiger partial charge in [0.1, 0.15) is 5.78 Å². The van der Waals surface area contributed by atoms with E-state index in [2.05, 4.69) is 13.0 Å². The number of rotatable bonds is 5. The number of ketones is 1. The number of amides is 1. The third-order valence-electron chi connectivity index (χ3n) is 8.06. The normalized spacial score (nSPS) is 28.8. The molecule has 1 aromatic carbocycles. The molecule has 194 valence electrons. The Labute approximate surface area is 240 Å². The molecule has 0 spiro atoms. The van der Waals surface area contributed by atoms with E-state index in [-0.39, 0.29) is 46.5 Å². The van der Waals surface area contributed by atoms with Crippen LogP contribution in [0.4, 0.5) is 0 Å². The van der Waals surface area contributed by atoms with Gasteiger partial charge in [0.25, 0.3) is 0 Å². The first-order chi connectivity index (χ1) is 16.8. The van der Waals surface area contributed by atoms with Crippen molar-refractivity contribution in [2.45, 2.75) is 103 Å². The van der Waals surface area contributed by atoms with Crippen molar-refractivity contribution in [1.82, 2.24) is 4.90 Å². The van der Waals surface area contributed by atoms with Gasteiger partial charge in [-0.2, -0.15) is 17.7 Å².